The topological polar surface area (TPSA) is 67.8 Å². The molecule has 0 aliphatic rings. The number of carbonyl (C=O) groups is 1. The van der Waals surface area contributed by atoms with Crippen LogP contribution in [-0.4, -0.2) is 31.7 Å². The third kappa shape index (κ3) is 3.89. The van der Waals surface area contributed by atoms with E-state index >= 15 is 0 Å². The summed E-state index contributed by atoms with van der Waals surface area (Å²) >= 11 is 0. The lowest BCUT2D eigenvalue weighted by molar-refractivity contribution is 0.101. The van der Waals surface area contributed by atoms with Crippen LogP contribution in [0.3, 0.4) is 0 Å². The molecule has 0 heterocycles. The Bertz CT molecular complexity index is 600. The first kappa shape index (κ1) is 14.7. The highest BCUT2D eigenvalue weighted by Crippen LogP contribution is 2.25. The first-order valence-electron chi connectivity index (χ1n) is 6.41. The van der Waals surface area contributed by atoms with Gasteiger partial charge in [-0.15, -0.1) is 0 Å². The van der Waals surface area contributed by atoms with Crippen molar-refractivity contribution in [1.29, 1.82) is 0 Å². The van der Waals surface area contributed by atoms with E-state index in [4.69, 9.17) is 9.47 Å². The lowest BCUT2D eigenvalue weighted by Gasteiger charge is -2.10. The van der Waals surface area contributed by atoms with Crippen molar-refractivity contribution in [2.45, 2.75) is 0 Å². The molecular weight excluding hydrogens is 270 g/mol. The molecule has 0 saturated heterocycles. The van der Waals surface area contributed by atoms with Crippen molar-refractivity contribution in [3.8, 4) is 17.2 Å². The third-order valence-electron chi connectivity index (χ3n) is 2.99. The summed E-state index contributed by atoms with van der Waals surface area (Å²) in [6, 6.07) is 11.5. The summed E-state index contributed by atoms with van der Waals surface area (Å²) in [6.45, 7) is 0.140. The number of hydrogen-bond donors (Lipinski definition) is 2. The molecular formula is C16H17NO4. The number of methoxy groups -OCH3 is 2. The van der Waals surface area contributed by atoms with Crippen LogP contribution >= 0.6 is 0 Å². The molecule has 0 unspecified atom stereocenters. The van der Waals surface area contributed by atoms with Gasteiger partial charge in [-0.2, -0.15) is 0 Å². The summed E-state index contributed by atoms with van der Waals surface area (Å²) < 4.78 is 10.3. The lowest BCUT2D eigenvalue weighted by Crippen LogP contribution is -2.13. The normalized spacial score (nSPS) is 10.0. The number of hydrogen-bond acceptors (Lipinski definition) is 5. The molecule has 0 amide bonds. The zero-order valence-corrected chi connectivity index (χ0v) is 11.9. The number of phenols is 1. The van der Waals surface area contributed by atoms with Crippen LogP contribution < -0.4 is 14.8 Å². The number of ether oxygens (including phenoxy) is 2. The molecule has 5 nitrogen and oxygen atoms in total. The van der Waals surface area contributed by atoms with Crippen molar-refractivity contribution in [3.63, 3.8) is 0 Å². The summed E-state index contributed by atoms with van der Waals surface area (Å²) in [4.78, 5) is 12.0. The van der Waals surface area contributed by atoms with Crippen molar-refractivity contribution in [2.24, 2.45) is 0 Å². The molecule has 0 aromatic heterocycles. The maximum Gasteiger partial charge on any atom is 0.181 e. The van der Waals surface area contributed by atoms with E-state index in [2.05, 4.69) is 5.32 Å². The Morgan fingerprint density at radius 3 is 2.14 bits per heavy atom. The average Bonchev–Trinajstić information content (AvgIpc) is 2.52. The van der Waals surface area contributed by atoms with Gasteiger partial charge in [0.25, 0.3) is 0 Å². The van der Waals surface area contributed by atoms with Gasteiger partial charge in [-0.1, -0.05) is 0 Å². The van der Waals surface area contributed by atoms with Gasteiger partial charge in [-0.05, 0) is 24.3 Å². The van der Waals surface area contributed by atoms with E-state index in [0.717, 1.165) is 5.69 Å². The standard InChI is InChI=1S/C16H17NO4/c1-20-14-7-12(8-15(9-14)21-2)17-10-16(19)11-3-5-13(18)6-4-11/h3-9,17-18H,10H2,1-2H3. The summed E-state index contributed by atoms with van der Waals surface area (Å²) in [5.41, 5.74) is 1.27. The van der Waals surface area contributed by atoms with E-state index in [0.29, 0.717) is 17.1 Å². The molecule has 0 spiro atoms. The Kier molecular flexibility index (Phi) is 4.66. The highest BCUT2D eigenvalue weighted by Gasteiger charge is 2.07. The summed E-state index contributed by atoms with van der Waals surface area (Å²) in [5, 5.41) is 12.2. The molecule has 21 heavy (non-hydrogen) atoms. The molecule has 0 aliphatic heterocycles. The van der Waals surface area contributed by atoms with Gasteiger partial charge >= 0.3 is 0 Å². The van der Waals surface area contributed by atoms with Crippen LogP contribution in [0.25, 0.3) is 0 Å². The molecule has 2 N–H and O–H groups in total. The molecule has 2 aromatic rings. The van der Waals surface area contributed by atoms with Crippen LogP contribution in [-0.2, 0) is 0 Å². The number of aromatic hydroxyl groups is 1. The minimum absolute atomic E-state index is 0.0724. The summed E-state index contributed by atoms with van der Waals surface area (Å²) in [6.07, 6.45) is 0. The summed E-state index contributed by atoms with van der Waals surface area (Å²) in [7, 11) is 3.14. The fraction of sp³-hybridized carbons (Fsp3) is 0.188. The number of rotatable bonds is 6. The maximum absolute atomic E-state index is 12.0. The molecule has 2 aromatic carbocycles. The summed E-state index contributed by atoms with van der Waals surface area (Å²) in [5.74, 6) is 1.36. The van der Waals surface area contributed by atoms with E-state index in [1.54, 1.807) is 44.6 Å². The molecule has 110 valence electrons. The number of nitrogens with one attached hydrogen (secondary N) is 1. The van der Waals surface area contributed by atoms with Crippen LogP contribution in [0, 0.1) is 0 Å². The number of Topliss-reactive ketones (excluding diaryl/α,β-unsaturated/α-hetero) is 1. The van der Waals surface area contributed by atoms with E-state index in [1.807, 2.05) is 0 Å². The first-order chi connectivity index (χ1) is 10.1. The Morgan fingerprint density at radius 1 is 1.05 bits per heavy atom. The van der Waals surface area contributed by atoms with Crippen LogP contribution in [0.15, 0.2) is 42.5 Å². The SMILES string of the molecule is COc1cc(NCC(=O)c2ccc(O)cc2)cc(OC)c1. The Balaban J connectivity index is 2.05. The molecule has 0 radical (unpaired) electrons. The first-order valence-corrected chi connectivity index (χ1v) is 6.41. The van der Waals surface area contributed by atoms with Gasteiger partial charge in [0, 0.05) is 29.4 Å². The van der Waals surface area contributed by atoms with Crippen molar-refractivity contribution in [1.82, 2.24) is 0 Å². The molecule has 0 saturated carbocycles. The molecule has 0 bridgehead atoms. The van der Waals surface area contributed by atoms with E-state index in [1.165, 1.54) is 12.1 Å². The maximum atomic E-state index is 12.0. The number of anilines is 1. The van der Waals surface area contributed by atoms with E-state index in [-0.39, 0.29) is 18.1 Å². The van der Waals surface area contributed by atoms with Crippen LogP contribution in [0.2, 0.25) is 0 Å². The fourth-order valence-electron chi connectivity index (χ4n) is 1.84. The molecule has 0 fully saturated rings. The number of ketones is 1. The minimum atomic E-state index is -0.0724. The predicted molar refractivity (Wildman–Crippen MR) is 80.5 cm³/mol. The lowest BCUT2D eigenvalue weighted by atomic mass is 10.1. The van der Waals surface area contributed by atoms with Crippen molar-refractivity contribution in [2.75, 3.05) is 26.1 Å². The fourth-order valence-corrected chi connectivity index (χ4v) is 1.84. The molecule has 2 rings (SSSR count). The highest BCUT2D eigenvalue weighted by molar-refractivity contribution is 5.99. The van der Waals surface area contributed by atoms with Crippen LogP contribution in [0.1, 0.15) is 10.4 Å². The minimum Gasteiger partial charge on any atom is -0.508 e. The van der Waals surface area contributed by atoms with Crippen molar-refractivity contribution < 1.29 is 19.4 Å². The second-order valence-corrected chi connectivity index (χ2v) is 4.42. The Hall–Kier alpha value is -2.69. The Morgan fingerprint density at radius 2 is 1.62 bits per heavy atom. The van der Waals surface area contributed by atoms with Gasteiger partial charge < -0.3 is 19.9 Å². The quantitative estimate of drug-likeness (QED) is 0.800. The van der Waals surface area contributed by atoms with Crippen molar-refractivity contribution in [3.05, 3.63) is 48.0 Å². The Labute approximate surface area is 123 Å². The molecule has 5 heteroatoms. The van der Waals surface area contributed by atoms with Gasteiger partial charge in [0.2, 0.25) is 0 Å². The second kappa shape index (κ2) is 6.65. The average molecular weight is 287 g/mol. The second-order valence-electron chi connectivity index (χ2n) is 4.42. The number of phenolic OH excluding ortho intramolecular Hbond substituents is 1. The van der Waals surface area contributed by atoms with Crippen LogP contribution in [0.4, 0.5) is 5.69 Å². The zero-order valence-electron chi connectivity index (χ0n) is 11.9. The van der Waals surface area contributed by atoms with E-state index < -0.39 is 0 Å². The smallest absolute Gasteiger partial charge is 0.181 e. The van der Waals surface area contributed by atoms with E-state index in [9.17, 15) is 9.90 Å². The number of carbonyl (C=O) groups excluding carboxylic acids is 1. The molecule has 0 aliphatic carbocycles. The third-order valence-corrected chi connectivity index (χ3v) is 2.99. The van der Waals surface area contributed by atoms with Gasteiger partial charge in [0.15, 0.2) is 5.78 Å². The van der Waals surface area contributed by atoms with Gasteiger partial charge in [0.1, 0.15) is 17.2 Å². The van der Waals surface area contributed by atoms with Crippen LogP contribution in [0.5, 0.6) is 17.2 Å². The van der Waals surface area contributed by atoms with Gasteiger partial charge in [0.05, 0.1) is 20.8 Å². The zero-order chi connectivity index (χ0) is 15.2. The predicted octanol–water partition coefficient (Wildman–Crippen LogP) is 2.70. The highest BCUT2D eigenvalue weighted by atomic mass is 16.5. The van der Waals surface area contributed by atoms with Crippen molar-refractivity contribution >= 4 is 11.5 Å². The van der Waals surface area contributed by atoms with Gasteiger partial charge in [-0.25, -0.2) is 0 Å². The largest absolute Gasteiger partial charge is 0.508 e. The molecule has 0 atom stereocenters. The monoisotopic (exact) mass is 287 g/mol. The number of benzene rings is 2. The van der Waals surface area contributed by atoms with Gasteiger partial charge in [-0.3, -0.25) is 4.79 Å².